The first kappa shape index (κ1) is 16.3. The van der Waals surface area contributed by atoms with E-state index in [4.69, 9.17) is 16.7 Å². The molecule has 1 atom stereocenters. The monoisotopic (exact) mass is 331 g/mol. The second-order valence-corrected chi connectivity index (χ2v) is 7.85. The molecule has 1 N–H and O–H groups in total. The summed E-state index contributed by atoms with van der Waals surface area (Å²) in [6.45, 7) is 4.15. The Hall–Kier alpha value is -1.11. The van der Waals surface area contributed by atoms with Gasteiger partial charge in [-0.15, -0.1) is 0 Å². The lowest BCUT2D eigenvalue weighted by atomic mass is 10.0. The molecule has 2 rings (SSSR count). The molecule has 1 aliphatic rings. The van der Waals surface area contributed by atoms with Gasteiger partial charge in [0.25, 0.3) is 0 Å². The normalized spacial score (nSPS) is 20.1. The maximum Gasteiger partial charge on any atom is 0.307 e. The Morgan fingerprint density at radius 1 is 1.43 bits per heavy atom. The first-order chi connectivity index (χ1) is 9.73. The third-order valence-corrected chi connectivity index (χ3v) is 6.09. The number of aliphatic carboxylic acids is 1. The highest BCUT2D eigenvalue weighted by Gasteiger charge is 2.36. The van der Waals surface area contributed by atoms with E-state index in [1.54, 1.807) is 18.2 Å². The molecular formula is C14H18ClNO4S. The molecule has 0 spiro atoms. The van der Waals surface area contributed by atoms with Gasteiger partial charge in [-0.25, -0.2) is 8.42 Å². The van der Waals surface area contributed by atoms with Gasteiger partial charge in [0, 0.05) is 13.1 Å². The quantitative estimate of drug-likeness (QED) is 0.920. The topological polar surface area (TPSA) is 74.7 Å². The lowest BCUT2D eigenvalue weighted by Gasteiger charge is -2.18. The highest BCUT2D eigenvalue weighted by atomic mass is 35.5. The molecule has 0 aliphatic carbocycles. The van der Waals surface area contributed by atoms with Crippen LogP contribution in [0, 0.1) is 5.92 Å². The van der Waals surface area contributed by atoms with Crippen LogP contribution in [0.4, 0.5) is 0 Å². The van der Waals surface area contributed by atoms with E-state index in [0.717, 1.165) is 5.56 Å². The van der Waals surface area contributed by atoms with Crippen molar-refractivity contribution >= 4 is 27.6 Å². The fourth-order valence-corrected chi connectivity index (χ4v) is 4.37. The molecule has 116 valence electrons. The van der Waals surface area contributed by atoms with Crippen molar-refractivity contribution in [2.75, 3.05) is 13.1 Å². The maximum absolute atomic E-state index is 12.6. The molecule has 0 amide bonds. The second-order valence-electron chi connectivity index (χ2n) is 5.53. The first-order valence-corrected chi connectivity index (χ1v) is 8.57. The molecule has 7 heteroatoms. The zero-order valence-electron chi connectivity index (χ0n) is 11.9. The molecule has 5 nitrogen and oxygen atoms in total. The zero-order valence-corrected chi connectivity index (χ0v) is 13.5. The van der Waals surface area contributed by atoms with Crippen molar-refractivity contribution in [3.63, 3.8) is 0 Å². The Morgan fingerprint density at radius 2 is 2.10 bits per heavy atom. The molecular weight excluding hydrogens is 314 g/mol. The maximum atomic E-state index is 12.6. The van der Waals surface area contributed by atoms with E-state index in [9.17, 15) is 13.2 Å². The fraction of sp³-hybridized carbons (Fsp3) is 0.500. The standard InChI is InChI=1S/C14H18ClNO4S/c1-9(2)10-3-4-12(15)13(7-10)21(19,20)16-6-5-11(8-16)14(17)18/h3-4,7,9,11H,5-6,8H2,1-2H3,(H,17,18). The van der Waals surface area contributed by atoms with Crippen LogP contribution >= 0.6 is 11.6 Å². The predicted molar refractivity (Wildman–Crippen MR) is 80.0 cm³/mol. The molecule has 1 aliphatic heterocycles. The van der Waals surface area contributed by atoms with Gasteiger partial charge < -0.3 is 5.11 Å². The molecule has 0 aromatic heterocycles. The Balaban J connectivity index is 2.36. The number of benzene rings is 1. The molecule has 1 aromatic carbocycles. The smallest absolute Gasteiger partial charge is 0.307 e. The lowest BCUT2D eigenvalue weighted by molar-refractivity contribution is -0.141. The van der Waals surface area contributed by atoms with E-state index in [1.165, 1.54) is 4.31 Å². The van der Waals surface area contributed by atoms with Crippen molar-refractivity contribution in [3.8, 4) is 0 Å². The van der Waals surface area contributed by atoms with Crippen LogP contribution in [0.25, 0.3) is 0 Å². The summed E-state index contributed by atoms with van der Waals surface area (Å²) >= 11 is 6.04. The third-order valence-electron chi connectivity index (χ3n) is 3.74. The Labute approximate surface area is 129 Å². The molecule has 1 heterocycles. The number of nitrogens with zero attached hydrogens (tertiary/aromatic N) is 1. The van der Waals surface area contributed by atoms with E-state index in [1.807, 2.05) is 13.8 Å². The van der Waals surface area contributed by atoms with Gasteiger partial charge in [0.05, 0.1) is 10.9 Å². The van der Waals surface area contributed by atoms with E-state index >= 15 is 0 Å². The number of sulfonamides is 1. The number of carbonyl (C=O) groups is 1. The zero-order chi connectivity index (χ0) is 15.8. The minimum atomic E-state index is -3.75. The average molecular weight is 332 g/mol. The van der Waals surface area contributed by atoms with Crippen LogP contribution in [-0.2, 0) is 14.8 Å². The molecule has 21 heavy (non-hydrogen) atoms. The van der Waals surface area contributed by atoms with Crippen LogP contribution < -0.4 is 0 Å². The number of hydrogen-bond acceptors (Lipinski definition) is 3. The molecule has 1 aromatic rings. The fourth-order valence-electron chi connectivity index (χ4n) is 2.36. The summed E-state index contributed by atoms with van der Waals surface area (Å²) < 4.78 is 26.5. The average Bonchev–Trinajstić information content (AvgIpc) is 2.89. The largest absolute Gasteiger partial charge is 0.481 e. The van der Waals surface area contributed by atoms with Crippen LogP contribution in [0.5, 0.6) is 0 Å². The van der Waals surface area contributed by atoms with E-state index in [-0.39, 0.29) is 28.9 Å². The van der Waals surface area contributed by atoms with Crippen molar-refractivity contribution in [2.45, 2.75) is 31.1 Å². The summed E-state index contributed by atoms with van der Waals surface area (Å²) in [4.78, 5) is 11.0. The molecule has 0 radical (unpaired) electrons. The van der Waals surface area contributed by atoms with Gasteiger partial charge in [-0.3, -0.25) is 4.79 Å². The molecule has 0 bridgehead atoms. The van der Waals surface area contributed by atoms with Gasteiger partial charge in [0.15, 0.2) is 0 Å². The lowest BCUT2D eigenvalue weighted by Crippen LogP contribution is -2.30. The first-order valence-electron chi connectivity index (χ1n) is 6.76. The van der Waals surface area contributed by atoms with E-state index < -0.39 is 21.9 Å². The van der Waals surface area contributed by atoms with Crippen LogP contribution in [0.1, 0.15) is 31.7 Å². The van der Waals surface area contributed by atoms with E-state index in [0.29, 0.717) is 6.42 Å². The van der Waals surface area contributed by atoms with Gasteiger partial charge in [-0.1, -0.05) is 31.5 Å². The number of rotatable bonds is 4. The van der Waals surface area contributed by atoms with Crippen LogP contribution in [0.15, 0.2) is 23.1 Å². The summed E-state index contributed by atoms with van der Waals surface area (Å²) in [6.07, 6.45) is 0.329. The Kier molecular flexibility index (Phi) is 4.60. The highest BCUT2D eigenvalue weighted by molar-refractivity contribution is 7.89. The van der Waals surface area contributed by atoms with Crippen molar-refractivity contribution in [1.29, 1.82) is 0 Å². The van der Waals surface area contributed by atoms with Gasteiger partial charge in [-0.05, 0) is 30.0 Å². The number of halogens is 1. The number of carboxylic acids is 1. The minimum absolute atomic E-state index is 0.0000975. The molecule has 1 fully saturated rings. The Morgan fingerprint density at radius 3 is 2.62 bits per heavy atom. The summed E-state index contributed by atoms with van der Waals surface area (Å²) in [5.74, 6) is -1.43. The van der Waals surface area contributed by atoms with Crippen molar-refractivity contribution in [1.82, 2.24) is 4.31 Å². The van der Waals surface area contributed by atoms with Crippen LogP contribution in [0.2, 0.25) is 5.02 Å². The van der Waals surface area contributed by atoms with Crippen molar-refractivity contribution in [3.05, 3.63) is 28.8 Å². The number of carboxylic acid groups (broad SMARTS) is 1. The van der Waals surface area contributed by atoms with E-state index in [2.05, 4.69) is 0 Å². The summed E-state index contributed by atoms with van der Waals surface area (Å²) in [7, 11) is -3.75. The predicted octanol–water partition coefficient (Wildman–Crippen LogP) is 2.56. The second kappa shape index (κ2) is 5.94. The molecule has 1 saturated heterocycles. The highest BCUT2D eigenvalue weighted by Crippen LogP contribution is 2.31. The Bertz CT molecular complexity index is 657. The molecule has 0 saturated carbocycles. The summed E-state index contributed by atoms with van der Waals surface area (Å²) in [6, 6.07) is 4.96. The van der Waals surface area contributed by atoms with Crippen LogP contribution in [0.3, 0.4) is 0 Å². The van der Waals surface area contributed by atoms with Crippen molar-refractivity contribution in [2.24, 2.45) is 5.92 Å². The SMILES string of the molecule is CC(C)c1ccc(Cl)c(S(=O)(=O)N2CCC(C(=O)O)C2)c1. The van der Waals surface area contributed by atoms with Gasteiger partial charge >= 0.3 is 5.97 Å². The van der Waals surface area contributed by atoms with Gasteiger partial charge in [0.2, 0.25) is 10.0 Å². The van der Waals surface area contributed by atoms with Crippen LogP contribution in [-0.4, -0.2) is 36.9 Å². The molecule has 1 unspecified atom stereocenters. The third kappa shape index (κ3) is 3.22. The minimum Gasteiger partial charge on any atom is -0.481 e. The van der Waals surface area contributed by atoms with Gasteiger partial charge in [-0.2, -0.15) is 4.31 Å². The van der Waals surface area contributed by atoms with Crippen molar-refractivity contribution < 1.29 is 18.3 Å². The number of hydrogen-bond donors (Lipinski definition) is 1. The summed E-state index contributed by atoms with van der Waals surface area (Å²) in [5.41, 5.74) is 0.881. The summed E-state index contributed by atoms with van der Waals surface area (Å²) in [5, 5.41) is 9.16. The van der Waals surface area contributed by atoms with Gasteiger partial charge in [0.1, 0.15) is 4.90 Å².